The van der Waals surface area contributed by atoms with Gasteiger partial charge in [-0.2, -0.15) is 0 Å². The van der Waals surface area contributed by atoms with E-state index in [9.17, 15) is 0 Å². The molecule has 0 amide bonds. The smallest absolute Gasteiger partial charge is 0.191 e. The molecule has 1 aliphatic rings. The Morgan fingerprint density at radius 1 is 1.06 bits per heavy atom. The highest BCUT2D eigenvalue weighted by Crippen LogP contribution is 2.10. The largest absolute Gasteiger partial charge is 0.374 e. The van der Waals surface area contributed by atoms with E-state index in [-0.39, 0.29) is 6.10 Å². The van der Waals surface area contributed by atoms with E-state index in [1.807, 2.05) is 18.2 Å². The minimum Gasteiger partial charge on any atom is -0.374 e. The number of nitrogens with one attached hydrogen (secondary N) is 2. The summed E-state index contributed by atoms with van der Waals surface area (Å²) in [6, 6.07) is 18.7. The van der Waals surface area contributed by atoms with Crippen LogP contribution in [0.15, 0.2) is 59.6 Å². The van der Waals surface area contributed by atoms with Gasteiger partial charge in [-0.25, -0.2) is 0 Å². The molecule has 2 aromatic rings. The average molecular weight is 439 g/mol. The third-order valence-electron chi connectivity index (χ3n) is 5.40. The topological polar surface area (TPSA) is 58.1 Å². The van der Waals surface area contributed by atoms with E-state index in [4.69, 9.17) is 9.47 Å². The van der Waals surface area contributed by atoms with Crippen LogP contribution in [0, 0.1) is 5.92 Å². The molecular formula is C26H38N4O2. The molecule has 6 nitrogen and oxygen atoms in total. The lowest BCUT2D eigenvalue weighted by Gasteiger charge is -2.34. The Morgan fingerprint density at radius 2 is 1.81 bits per heavy atom. The zero-order valence-electron chi connectivity index (χ0n) is 19.7. The van der Waals surface area contributed by atoms with Gasteiger partial charge in [0.2, 0.25) is 0 Å². The number of nitrogens with zero attached hydrogens (tertiary/aromatic N) is 2. The van der Waals surface area contributed by atoms with Crippen molar-refractivity contribution in [1.82, 2.24) is 15.5 Å². The van der Waals surface area contributed by atoms with Gasteiger partial charge >= 0.3 is 0 Å². The summed E-state index contributed by atoms with van der Waals surface area (Å²) >= 11 is 0. The van der Waals surface area contributed by atoms with Crippen molar-refractivity contribution in [2.45, 2.75) is 39.7 Å². The lowest BCUT2D eigenvalue weighted by atomic mass is 10.1. The van der Waals surface area contributed by atoms with Crippen LogP contribution in [0.2, 0.25) is 0 Å². The lowest BCUT2D eigenvalue weighted by molar-refractivity contribution is -0.0284. The fourth-order valence-corrected chi connectivity index (χ4v) is 3.89. The van der Waals surface area contributed by atoms with Crippen LogP contribution in [-0.2, 0) is 29.2 Å². The zero-order valence-corrected chi connectivity index (χ0v) is 19.7. The summed E-state index contributed by atoms with van der Waals surface area (Å²) in [5.74, 6) is 1.47. The predicted octanol–water partition coefficient (Wildman–Crippen LogP) is 3.43. The summed E-state index contributed by atoms with van der Waals surface area (Å²) in [5.41, 5.74) is 3.56. The van der Waals surface area contributed by atoms with Gasteiger partial charge in [0.25, 0.3) is 0 Å². The Kier molecular flexibility index (Phi) is 10.0. The fourth-order valence-electron chi connectivity index (χ4n) is 3.89. The van der Waals surface area contributed by atoms with Gasteiger partial charge in [-0.05, 0) is 22.6 Å². The molecule has 2 N–H and O–H groups in total. The Bertz CT molecular complexity index is 826. The first-order chi connectivity index (χ1) is 15.6. The molecule has 1 aliphatic heterocycles. The average Bonchev–Trinajstić information content (AvgIpc) is 2.80. The Morgan fingerprint density at radius 3 is 2.59 bits per heavy atom. The molecule has 1 atom stereocenters. The molecule has 0 aliphatic carbocycles. The maximum atomic E-state index is 5.93. The molecule has 174 valence electrons. The van der Waals surface area contributed by atoms with Gasteiger partial charge in [0.15, 0.2) is 5.96 Å². The van der Waals surface area contributed by atoms with Gasteiger partial charge in [0.1, 0.15) is 0 Å². The normalized spacial score (nSPS) is 17.5. The first kappa shape index (κ1) is 24.2. The van der Waals surface area contributed by atoms with Crippen molar-refractivity contribution in [2.75, 3.05) is 39.8 Å². The van der Waals surface area contributed by atoms with Crippen molar-refractivity contribution in [3.63, 3.8) is 0 Å². The van der Waals surface area contributed by atoms with Crippen LogP contribution in [0.5, 0.6) is 0 Å². The minimum absolute atomic E-state index is 0.186. The standard InChI is InChI=1S/C26H38N4O2/c1-21(2)17-30-12-13-32-25(18-30)16-29-26(27-3)28-15-23-10-7-11-24(14-23)20-31-19-22-8-5-4-6-9-22/h4-11,14,21,25H,12-13,15-20H2,1-3H3,(H2,27,28,29). The number of guanidine groups is 1. The summed E-state index contributed by atoms with van der Waals surface area (Å²) < 4.78 is 11.8. The van der Waals surface area contributed by atoms with Gasteiger partial charge < -0.3 is 20.1 Å². The molecule has 0 saturated carbocycles. The van der Waals surface area contributed by atoms with E-state index >= 15 is 0 Å². The van der Waals surface area contributed by atoms with Crippen molar-refractivity contribution in [1.29, 1.82) is 0 Å². The number of morpholine rings is 1. The van der Waals surface area contributed by atoms with Crippen LogP contribution in [0.4, 0.5) is 0 Å². The van der Waals surface area contributed by atoms with Crippen LogP contribution in [0.25, 0.3) is 0 Å². The summed E-state index contributed by atoms with van der Waals surface area (Å²) in [6.07, 6.45) is 0.186. The van der Waals surface area contributed by atoms with Crippen LogP contribution in [-0.4, -0.2) is 56.8 Å². The molecule has 0 bridgehead atoms. The van der Waals surface area contributed by atoms with Crippen molar-refractivity contribution in [3.05, 3.63) is 71.3 Å². The summed E-state index contributed by atoms with van der Waals surface area (Å²) in [7, 11) is 1.80. The van der Waals surface area contributed by atoms with Gasteiger partial charge in [0.05, 0.1) is 25.9 Å². The second-order valence-electron chi connectivity index (χ2n) is 8.75. The third-order valence-corrected chi connectivity index (χ3v) is 5.40. The molecule has 3 rings (SSSR count). The van der Waals surface area contributed by atoms with E-state index in [1.165, 1.54) is 16.7 Å². The van der Waals surface area contributed by atoms with Crippen molar-refractivity contribution in [2.24, 2.45) is 10.9 Å². The highest BCUT2D eigenvalue weighted by Gasteiger charge is 2.21. The van der Waals surface area contributed by atoms with Gasteiger partial charge in [-0.15, -0.1) is 0 Å². The molecule has 0 spiro atoms. The molecule has 0 radical (unpaired) electrons. The number of rotatable bonds is 10. The first-order valence-corrected chi connectivity index (χ1v) is 11.6. The second-order valence-corrected chi connectivity index (χ2v) is 8.75. The Labute approximate surface area is 193 Å². The van der Waals surface area contributed by atoms with Crippen LogP contribution >= 0.6 is 0 Å². The van der Waals surface area contributed by atoms with Gasteiger partial charge in [-0.1, -0.05) is 68.4 Å². The monoisotopic (exact) mass is 438 g/mol. The Hall–Kier alpha value is -2.41. The van der Waals surface area contributed by atoms with E-state index in [2.05, 4.69) is 70.8 Å². The Balaban J connectivity index is 1.40. The van der Waals surface area contributed by atoms with Crippen LogP contribution in [0.3, 0.4) is 0 Å². The van der Waals surface area contributed by atoms with Gasteiger partial charge in [-0.3, -0.25) is 9.89 Å². The highest BCUT2D eigenvalue weighted by atomic mass is 16.5. The number of hydrogen-bond acceptors (Lipinski definition) is 4. The maximum absolute atomic E-state index is 5.93. The molecule has 0 aromatic heterocycles. The fraction of sp³-hybridized carbons (Fsp3) is 0.500. The van der Waals surface area contributed by atoms with Crippen molar-refractivity contribution >= 4 is 5.96 Å². The minimum atomic E-state index is 0.186. The number of aliphatic imine (C=N–C) groups is 1. The van der Waals surface area contributed by atoms with Crippen LogP contribution < -0.4 is 10.6 Å². The van der Waals surface area contributed by atoms with E-state index < -0.39 is 0 Å². The predicted molar refractivity (Wildman–Crippen MR) is 131 cm³/mol. The molecule has 32 heavy (non-hydrogen) atoms. The molecular weight excluding hydrogens is 400 g/mol. The number of ether oxygens (including phenoxy) is 2. The maximum Gasteiger partial charge on any atom is 0.191 e. The summed E-state index contributed by atoms with van der Waals surface area (Å²) in [6.45, 7) is 11.1. The molecule has 1 unspecified atom stereocenters. The first-order valence-electron chi connectivity index (χ1n) is 11.6. The molecule has 1 fully saturated rings. The quantitative estimate of drug-likeness (QED) is 0.440. The molecule has 1 saturated heterocycles. The van der Waals surface area contributed by atoms with E-state index in [1.54, 1.807) is 7.05 Å². The number of benzene rings is 2. The molecule has 1 heterocycles. The number of hydrogen-bond donors (Lipinski definition) is 2. The highest BCUT2D eigenvalue weighted by molar-refractivity contribution is 5.79. The van der Waals surface area contributed by atoms with Gasteiger partial charge in [0, 0.05) is 39.8 Å². The second kappa shape index (κ2) is 13.2. The zero-order chi connectivity index (χ0) is 22.6. The van der Waals surface area contributed by atoms with Crippen molar-refractivity contribution < 1.29 is 9.47 Å². The summed E-state index contributed by atoms with van der Waals surface area (Å²) in [5, 5.41) is 6.82. The van der Waals surface area contributed by atoms with E-state index in [0.717, 1.165) is 38.7 Å². The molecule has 6 heteroatoms. The van der Waals surface area contributed by atoms with Crippen molar-refractivity contribution in [3.8, 4) is 0 Å². The SMILES string of the molecule is CN=C(NCc1cccc(COCc2ccccc2)c1)NCC1CN(CC(C)C)CCO1. The molecule has 2 aromatic carbocycles. The summed E-state index contributed by atoms with van der Waals surface area (Å²) in [4.78, 5) is 6.85. The lowest BCUT2D eigenvalue weighted by Crippen LogP contribution is -2.50. The van der Waals surface area contributed by atoms with E-state index in [0.29, 0.717) is 25.7 Å². The van der Waals surface area contributed by atoms with Crippen LogP contribution in [0.1, 0.15) is 30.5 Å². The third kappa shape index (κ3) is 8.61.